The number of nitrogens with two attached hydrogens (primary N) is 1. The summed E-state index contributed by atoms with van der Waals surface area (Å²) in [4.78, 5) is 0. The molecule has 1 nitrogen and oxygen atoms in total. The fourth-order valence-corrected chi connectivity index (χ4v) is 2.19. The molecule has 0 saturated heterocycles. The number of benzene rings is 2. The van der Waals surface area contributed by atoms with Crippen LogP contribution in [0.4, 0.5) is 0 Å². The van der Waals surface area contributed by atoms with Crippen molar-refractivity contribution >= 4 is 11.6 Å². The number of rotatable bonds is 5. The predicted molar refractivity (Wildman–Crippen MR) is 78.1 cm³/mol. The van der Waals surface area contributed by atoms with Gasteiger partial charge in [0.2, 0.25) is 0 Å². The monoisotopic (exact) mass is 259 g/mol. The number of hydrogen-bond donors (Lipinski definition) is 1. The van der Waals surface area contributed by atoms with E-state index in [4.69, 9.17) is 17.3 Å². The molecule has 2 N–H and O–H groups in total. The van der Waals surface area contributed by atoms with Crippen molar-refractivity contribution in [1.29, 1.82) is 0 Å². The maximum Gasteiger partial charge on any atom is 0.0441 e. The van der Waals surface area contributed by atoms with E-state index in [0.29, 0.717) is 0 Å². The number of aryl methyl sites for hydroxylation is 1. The summed E-state index contributed by atoms with van der Waals surface area (Å²) < 4.78 is 0. The van der Waals surface area contributed by atoms with E-state index in [1.54, 1.807) is 0 Å². The first-order valence-electron chi connectivity index (χ1n) is 6.31. The Hall–Kier alpha value is -1.31. The molecule has 0 unspecified atom stereocenters. The largest absolute Gasteiger partial charge is 0.330 e. The Morgan fingerprint density at radius 2 is 1.56 bits per heavy atom. The van der Waals surface area contributed by atoms with E-state index < -0.39 is 0 Å². The maximum atomic E-state index is 6.16. The third kappa shape index (κ3) is 3.59. The molecule has 94 valence electrons. The lowest BCUT2D eigenvalue weighted by atomic mass is 10.0. The van der Waals surface area contributed by atoms with Crippen LogP contribution in [0, 0.1) is 0 Å². The molecule has 0 amide bonds. The molecule has 0 fully saturated rings. The van der Waals surface area contributed by atoms with E-state index in [9.17, 15) is 0 Å². The van der Waals surface area contributed by atoms with Crippen LogP contribution in [0.25, 0.3) is 0 Å². The summed E-state index contributed by atoms with van der Waals surface area (Å²) in [7, 11) is 0. The van der Waals surface area contributed by atoms with Crippen molar-refractivity contribution in [3.8, 4) is 0 Å². The minimum atomic E-state index is 0.751. The number of halogens is 1. The lowest BCUT2D eigenvalue weighted by Crippen LogP contribution is -2.00. The van der Waals surface area contributed by atoms with Crippen LogP contribution in [0.1, 0.15) is 23.1 Å². The summed E-state index contributed by atoms with van der Waals surface area (Å²) in [5, 5.41) is 0.838. The second-order valence-electron chi connectivity index (χ2n) is 4.48. The third-order valence-corrected chi connectivity index (χ3v) is 3.41. The first-order chi connectivity index (χ1) is 8.79. The summed E-state index contributed by atoms with van der Waals surface area (Å²) in [6, 6.07) is 16.7. The Morgan fingerprint density at radius 1 is 0.889 bits per heavy atom. The lowest BCUT2D eigenvalue weighted by molar-refractivity contribution is 0.832. The Morgan fingerprint density at radius 3 is 2.22 bits per heavy atom. The molecular formula is C16H18ClN. The van der Waals surface area contributed by atoms with E-state index in [-0.39, 0.29) is 0 Å². The molecule has 0 bridgehead atoms. The second-order valence-corrected chi connectivity index (χ2v) is 4.88. The van der Waals surface area contributed by atoms with Gasteiger partial charge in [0, 0.05) is 5.02 Å². The van der Waals surface area contributed by atoms with Crippen molar-refractivity contribution in [2.75, 3.05) is 6.54 Å². The fourth-order valence-electron chi connectivity index (χ4n) is 1.99. The van der Waals surface area contributed by atoms with Gasteiger partial charge in [-0.3, -0.25) is 0 Å². The summed E-state index contributed by atoms with van der Waals surface area (Å²) >= 11 is 6.16. The molecule has 0 aliphatic heterocycles. The van der Waals surface area contributed by atoms with Crippen molar-refractivity contribution in [2.24, 2.45) is 5.73 Å². The van der Waals surface area contributed by atoms with Gasteiger partial charge in [0.15, 0.2) is 0 Å². The first-order valence-corrected chi connectivity index (χ1v) is 6.68. The van der Waals surface area contributed by atoms with Crippen molar-refractivity contribution in [1.82, 2.24) is 0 Å². The topological polar surface area (TPSA) is 26.0 Å². The van der Waals surface area contributed by atoms with Crippen LogP contribution in [0.15, 0.2) is 48.5 Å². The summed E-state index contributed by atoms with van der Waals surface area (Å²) in [6.07, 6.45) is 2.99. The van der Waals surface area contributed by atoms with E-state index in [2.05, 4.69) is 30.3 Å². The lowest BCUT2D eigenvalue weighted by Gasteiger charge is -2.06. The highest BCUT2D eigenvalue weighted by atomic mass is 35.5. The third-order valence-electron chi connectivity index (χ3n) is 3.04. The summed E-state index contributed by atoms with van der Waals surface area (Å²) in [6.45, 7) is 0.751. The summed E-state index contributed by atoms with van der Waals surface area (Å²) in [5.74, 6) is 0. The van der Waals surface area contributed by atoms with Crippen molar-refractivity contribution < 1.29 is 0 Å². The molecule has 0 saturated carbocycles. The molecule has 2 aromatic carbocycles. The van der Waals surface area contributed by atoms with Crippen LogP contribution in [0.3, 0.4) is 0 Å². The van der Waals surface area contributed by atoms with Gasteiger partial charge < -0.3 is 5.73 Å². The molecule has 0 aliphatic rings. The highest BCUT2D eigenvalue weighted by Crippen LogP contribution is 2.19. The van der Waals surface area contributed by atoms with Crippen LogP contribution in [-0.4, -0.2) is 6.54 Å². The fraction of sp³-hybridized carbons (Fsp3) is 0.250. The minimum absolute atomic E-state index is 0.751. The van der Waals surface area contributed by atoms with Gasteiger partial charge in [0.1, 0.15) is 0 Å². The van der Waals surface area contributed by atoms with Crippen molar-refractivity contribution in [3.05, 3.63) is 70.2 Å². The zero-order valence-corrected chi connectivity index (χ0v) is 11.2. The van der Waals surface area contributed by atoms with E-state index in [1.807, 2.05) is 18.2 Å². The van der Waals surface area contributed by atoms with Gasteiger partial charge in [-0.15, -0.1) is 0 Å². The van der Waals surface area contributed by atoms with Gasteiger partial charge in [-0.05, 0) is 48.6 Å². The van der Waals surface area contributed by atoms with E-state index in [0.717, 1.165) is 30.8 Å². The highest BCUT2D eigenvalue weighted by Gasteiger charge is 2.01. The van der Waals surface area contributed by atoms with Crippen LogP contribution in [0.5, 0.6) is 0 Å². The summed E-state index contributed by atoms with van der Waals surface area (Å²) in [5.41, 5.74) is 9.33. The van der Waals surface area contributed by atoms with E-state index >= 15 is 0 Å². The molecular weight excluding hydrogens is 242 g/mol. The van der Waals surface area contributed by atoms with Crippen LogP contribution < -0.4 is 5.73 Å². The molecule has 2 heteroatoms. The van der Waals surface area contributed by atoms with Gasteiger partial charge in [0.05, 0.1) is 0 Å². The normalized spacial score (nSPS) is 10.6. The van der Waals surface area contributed by atoms with Gasteiger partial charge in [-0.25, -0.2) is 0 Å². The Labute approximate surface area is 114 Å². The SMILES string of the molecule is NCCCc1ccc(Cc2ccccc2Cl)cc1. The molecule has 0 spiro atoms. The zero-order chi connectivity index (χ0) is 12.8. The minimum Gasteiger partial charge on any atom is -0.330 e. The molecule has 2 rings (SSSR count). The standard InChI is InChI=1S/C16H18ClN/c17-16-6-2-1-5-15(16)12-14-9-7-13(8-10-14)4-3-11-18/h1-2,5-10H,3-4,11-12,18H2. The molecule has 0 heterocycles. The van der Waals surface area contributed by atoms with Crippen molar-refractivity contribution in [2.45, 2.75) is 19.3 Å². The molecule has 0 atom stereocenters. The van der Waals surface area contributed by atoms with Crippen molar-refractivity contribution in [3.63, 3.8) is 0 Å². The van der Waals surface area contributed by atoms with Gasteiger partial charge in [0.25, 0.3) is 0 Å². The Balaban J connectivity index is 2.04. The second kappa shape index (κ2) is 6.58. The quantitative estimate of drug-likeness (QED) is 0.868. The smallest absolute Gasteiger partial charge is 0.0441 e. The molecule has 2 aromatic rings. The van der Waals surface area contributed by atoms with Crippen LogP contribution in [-0.2, 0) is 12.8 Å². The van der Waals surface area contributed by atoms with Crippen LogP contribution >= 0.6 is 11.6 Å². The van der Waals surface area contributed by atoms with E-state index in [1.165, 1.54) is 16.7 Å². The predicted octanol–water partition coefficient (Wildman–Crippen LogP) is 3.82. The first kappa shape index (κ1) is 13.1. The zero-order valence-electron chi connectivity index (χ0n) is 10.4. The van der Waals surface area contributed by atoms with Gasteiger partial charge in [-0.1, -0.05) is 54.1 Å². The highest BCUT2D eigenvalue weighted by molar-refractivity contribution is 6.31. The maximum absolute atomic E-state index is 6.16. The molecule has 0 aromatic heterocycles. The average molecular weight is 260 g/mol. The number of hydrogen-bond acceptors (Lipinski definition) is 1. The average Bonchev–Trinajstić information content (AvgIpc) is 2.41. The molecule has 0 aliphatic carbocycles. The molecule has 18 heavy (non-hydrogen) atoms. The van der Waals surface area contributed by atoms with Gasteiger partial charge >= 0.3 is 0 Å². The van der Waals surface area contributed by atoms with Crippen LogP contribution in [0.2, 0.25) is 5.02 Å². The molecule has 0 radical (unpaired) electrons. The van der Waals surface area contributed by atoms with Gasteiger partial charge in [-0.2, -0.15) is 0 Å². The Bertz CT molecular complexity index is 491. The Kier molecular flexibility index (Phi) is 4.80.